The van der Waals surface area contributed by atoms with E-state index in [0.29, 0.717) is 11.6 Å². The molecule has 7 heteroatoms. The van der Waals surface area contributed by atoms with Crippen molar-refractivity contribution >= 4 is 28.1 Å². The smallest absolute Gasteiger partial charge is 0.0743 e. The zero-order valence-electron chi connectivity index (χ0n) is 14.6. The van der Waals surface area contributed by atoms with Crippen molar-refractivity contribution in [1.82, 2.24) is 20.3 Å². The van der Waals surface area contributed by atoms with Crippen molar-refractivity contribution < 1.29 is 0 Å². The van der Waals surface area contributed by atoms with Crippen LogP contribution >= 0.6 is 11.6 Å². The first-order valence-electron chi connectivity index (χ1n) is 8.81. The van der Waals surface area contributed by atoms with Gasteiger partial charge in [0.1, 0.15) is 0 Å². The number of H-pyrrole nitrogens is 1. The third-order valence-electron chi connectivity index (χ3n) is 5.33. The zero-order valence-corrected chi connectivity index (χ0v) is 15.4. The summed E-state index contributed by atoms with van der Waals surface area (Å²) in [6, 6.07) is 4.42. The number of hydrogen-bond donors (Lipinski definition) is 2. The van der Waals surface area contributed by atoms with Crippen LogP contribution in [0.5, 0.6) is 0 Å². The second kappa shape index (κ2) is 6.76. The van der Waals surface area contributed by atoms with E-state index in [0.717, 1.165) is 41.3 Å². The molecular weight excluding hydrogens is 348 g/mol. The normalized spacial score (nSPS) is 21.8. The molecule has 0 saturated heterocycles. The quantitative estimate of drug-likeness (QED) is 0.802. The summed E-state index contributed by atoms with van der Waals surface area (Å²) in [5.41, 5.74) is 4.44. The first-order chi connectivity index (χ1) is 12.6. The number of nitrogens with one attached hydrogen (secondary N) is 1. The largest absolute Gasteiger partial charge is 0.293 e. The summed E-state index contributed by atoms with van der Waals surface area (Å²) in [7, 11) is 0. The summed E-state index contributed by atoms with van der Waals surface area (Å²) in [5.74, 6) is 6.21. The summed E-state index contributed by atoms with van der Waals surface area (Å²) in [4.78, 5) is 0. The molecule has 1 aliphatic heterocycles. The van der Waals surface area contributed by atoms with E-state index in [1.165, 1.54) is 5.57 Å². The average Bonchev–Trinajstić information content (AvgIpc) is 3.30. The van der Waals surface area contributed by atoms with Gasteiger partial charge in [-0.3, -0.25) is 16.0 Å². The second-order valence-electron chi connectivity index (χ2n) is 6.87. The highest BCUT2D eigenvalue weighted by molar-refractivity contribution is 6.35. The fraction of sp³-hybridized carbons (Fsp3) is 0.368. The predicted octanol–water partition coefficient (Wildman–Crippen LogP) is 3.90. The minimum atomic E-state index is 0.0218. The van der Waals surface area contributed by atoms with Crippen LogP contribution in [0.4, 0.5) is 0 Å². The molecule has 0 saturated carbocycles. The topological polar surface area (TPSA) is 85.0 Å². The lowest BCUT2D eigenvalue weighted by Gasteiger charge is -2.33. The van der Waals surface area contributed by atoms with Crippen LogP contribution in [-0.4, -0.2) is 26.9 Å². The number of hydrogen-bond acceptors (Lipinski definition) is 5. The molecule has 2 atom stereocenters. The van der Waals surface area contributed by atoms with Gasteiger partial charge in [-0.2, -0.15) is 15.5 Å². The molecule has 1 aromatic carbocycles. The van der Waals surface area contributed by atoms with E-state index in [9.17, 15) is 5.26 Å². The number of fused-ring (bicyclic) bond motifs is 1. The highest BCUT2D eigenvalue weighted by Gasteiger charge is 2.27. The van der Waals surface area contributed by atoms with Crippen LogP contribution in [0.3, 0.4) is 0 Å². The van der Waals surface area contributed by atoms with Gasteiger partial charge < -0.3 is 0 Å². The van der Waals surface area contributed by atoms with Crippen molar-refractivity contribution in [2.75, 3.05) is 6.54 Å². The van der Waals surface area contributed by atoms with Crippen molar-refractivity contribution in [3.8, 4) is 6.07 Å². The first kappa shape index (κ1) is 17.1. The van der Waals surface area contributed by atoms with E-state index >= 15 is 0 Å². The maximum absolute atomic E-state index is 9.19. The molecule has 3 N–H and O–H groups in total. The molecule has 2 aromatic rings. The van der Waals surface area contributed by atoms with Gasteiger partial charge in [0.05, 0.1) is 41.3 Å². The second-order valence-corrected chi connectivity index (χ2v) is 7.28. The number of benzene rings is 1. The van der Waals surface area contributed by atoms with E-state index in [1.54, 1.807) is 11.3 Å². The number of halogens is 1. The Bertz CT molecular complexity index is 937. The average molecular weight is 369 g/mol. The van der Waals surface area contributed by atoms with Gasteiger partial charge >= 0.3 is 0 Å². The van der Waals surface area contributed by atoms with Gasteiger partial charge in [-0.05, 0) is 49.5 Å². The monoisotopic (exact) mass is 368 g/mol. The third-order valence-corrected chi connectivity index (χ3v) is 5.64. The Kier molecular flexibility index (Phi) is 4.45. The number of nitrogens with zero attached hydrogens (tertiary/aromatic N) is 4. The Balaban J connectivity index is 1.86. The molecule has 0 spiro atoms. The van der Waals surface area contributed by atoms with Crippen LogP contribution in [0.1, 0.15) is 43.4 Å². The SMILES string of the molecule is CC(c1cc(Cl)c2cn[nH]c2c1C1=CCC(C#N)CC1)N1C=CCN1N. The lowest BCUT2D eigenvalue weighted by Crippen LogP contribution is -2.42. The van der Waals surface area contributed by atoms with E-state index in [4.69, 9.17) is 17.4 Å². The van der Waals surface area contributed by atoms with Crippen molar-refractivity contribution in [2.45, 2.75) is 32.2 Å². The first-order valence-corrected chi connectivity index (χ1v) is 9.19. The molecule has 1 aromatic heterocycles. The van der Waals surface area contributed by atoms with Crippen molar-refractivity contribution in [3.63, 3.8) is 0 Å². The summed E-state index contributed by atoms with van der Waals surface area (Å²) in [6.45, 7) is 2.81. The van der Waals surface area contributed by atoms with Crippen molar-refractivity contribution in [3.05, 3.63) is 46.8 Å². The van der Waals surface area contributed by atoms with E-state index in [-0.39, 0.29) is 12.0 Å². The molecule has 2 unspecified atom stereocenters. The summed E-state index contributed by atoms with van der Waals surface area (Å²) in [6.07, 6.45) is 10.5. The van der Waals surface area contributed by atoms with Crippen LogP contribution in [-0.2, 0) is 0 Å². The number of aromatic amines is 1. The highest BCUT2D eigenvalue weighted by Crippen LogP contribution is 2.41. The minimum Gasteiger partial charge on any atom is -0.293 e. The molecule has 2 heterocycles. The van der Waals surface area contributed by atoms with Crippen LogP contribution in [0.25, 0.3) is 16.5 Å². The Morgan fingerprint density at radius 3 is 3.00 bits per heavy atom. The minimum absolute atomic E-state index is 0.0218. The Morgan fingerprint density at radius 2 is 2.35 bits per heavy atom. The lowest BCUT2D eigenvalue weighted by molar-refractivity contribution is 0.0157. The molecular formula is C19H21ClN6. The Morgan fingerprint density at radius 1 is 1.50 bits per heavy atom. The fourth-order valence-electron chi connectivity index (χ4n) is 3.88. The van der Waals surface area contributed by atoms with Gasteiger partial charge in [-0.25, -0.2) is 0 Å². The maximum atomic E-state index is 9.19. The number of rotatable bonds is 3. The summed E-state index contributed by atoms with van der Waals surface area (Å²) in [5, 5.41) is 21.8. The zero-order chi connectivity index (χ0) is 18.3. The van der Waals surface area contributed by atoms with Gasteiger partial charge in [0.2, 0.25) is 0 Å². The lowest BCUT2D eigenvalue weighted by atomic mass is 9.83. The molecule has 0 fully saturated rings. The summed E-state index contributed by atoms with van der Waals surface area (Å²) >= 11 is 6.54. The Hall–Kier alpha value is -2.33. The van der Waals surface area contributed by atoms with Gasteiger partial charge in [-0.15, -0.1) is 0 Å². The van der Waals surface area contributed by atoms with Crippen LogP contribution in [0.15, 0.2) is 30.6 Å². The standard InChI is InChI=1S/C19H21ClN6/c1-12(25-7-2-8-26(25)22)15-9-17(20)16-11-23-24-19(16)18(15)14-5-3-13(10-21)4-6-14/h2,5,7,9,11-13H,3-4,6,8,22H2,1H3,(H,23,24). The highest BCUT2D eigenvalue weighted by atomic mass is 35.5. The van der Waals surface area contributed by atoms with Crippen molar-refractivity contribution in [2.24, 2.45) is 11.8 Å². The molecule has 134 valence electrons. The third kappa shape index (κ3) is 2.78. The van der Waals surface area contributed by atoms with Crippen LogP contribution in [0.2, 0.25) is 5.02 Å². The number of aromatic nitrogens is 2. The molecule has 26 heavy (non-hydrogen) atoms. The molecule has 6 nitrogen and oxygen atoms in total. The van der Waals surface area contributed by atoms with E-state index in [1.807, 2.05) is 23.4 Å². The number of allylic oxidation sites excluding steroid dienone is 2. The fourth-order valence-corrected chi connectivity index (χ4v) is 4.14. The number of hydrazine groups is 2. The van der Waals surface area contributed by atoms with Gasteiger partial charge in [0.25, 0.3) is 0 Å². The van der Waals surface area contributed by atoms with Crippen LogP contribution in [0, 0.1) is 17.2 Å². The Labute approximate surface area is 157 Å². The number of nitrogens with two attached hydrogens (primary N) is 1. The predicted molar refractivity (Wildman–Crippen MR) is 102 cm³/mol. The molecule has 0 radical (unpaired) electrons. The van der Waals surface area contributed by atoms with Gasteiger partial charge in [-0.1, -0.05) is 17.7 Å². The van der Waals surface area contributed by atoms with Crippen molar-refractivity contribution in [1.29, 1.82) is 5.26 Å². The van der Waals surface area contributed by atoms with Gasteiger partial charge in [0.15, 0.2) is 0 Å². The molecule has 4 rings (SSSR count). The number of nitriles is 1. The molecule has 0 amide bonds. The van der Waals surface area contributed by atoms with E-state index < -0.39 is 0 Å². The van der Waals surface area contributed by atoms with Crippen LogP contribution < -0.4 is 5.84 Å². The van der Waals surface area contributed by atoms with E-state index in [2.05, 4.69) is 29.3 Å². The maximum Gasteiger partial charge on any atom is 0.0743 e. The summed E-state index contributed by atoms with van der Waals surface area (Å²) < 4.78 is 0. The molecule has 0 bridgehead atoms. The molecule has 2 aliphatic rings. The van der Waals surface area contributed by atoms with Gasteiger partial charge in [0, 0.05) is 17.1 Å². The molecule has 1 aliphatic carbocycles.